The summed E-state index contributed by atoms with van der Waals surface area (Å²) in [6.07, 6.45) is 3.39. The number of carbonyl (C=O) groups is 1. The third kappa shape index (κ3) is 4.97. The molecule has 0 radical (unpaired) electrons. The number of hydrogen-bond donors (Lipinski definition) is 1. The largest absolute Gasteiger partial charge is 0.469 e. The molecule has 1 amide bonds. The molecule has 2 aromatic rings. The lowest BCUT2D eigenvalue weighted by atomic mass is 10.2. The van der Waals surface area contributed by atoms with Gasteiger partial charge < -0.3 is 9.73 Å². The molecule has 1 N–H and O–H groups in total. The van der Waals surface area contributed by atoms with Gasteiger partial charge in [0.1, 0.15) is 5.76 Å². The van der Waals surface area contributed by atoms with Gasteiger partial charge in [0.15, 0.2) is 0 Å². The second-order valence-electron chi connectivity index (χ2n) is 5.10. The zero-order chi connectivity index (χ0) is 15.1. The normalized spacial score (nSPS) is 10.8. The van der Waals surface area contributed by atoms with Crippen LogP contribution in [0.15, 0.2) is 52.0 Å². The van der Waals surface area contributed by atoms with Crippen LogP contribution in [0.2, 0.25) is 0 Å². The molecule has 0 aliphatic rings. The van der Waals surface area contributed by atoms with E-state index in [2.05, 4.69) is 19.2 Å². The quantitative estimate of drug-likeness (QED) is 0.617. The van der Waals surface area contributed by atoms with Crippen molar-refractivity contribution in [1.29, 1.82) is 0 Å². The zero-order valence-corrected chi connectivity index (χ0v) is 13.3. The average molecular weight is 303 g/mol. The van der Waals surface area contributed by atoms with Crippen LogP contribution in [0.3, 0.4) is 0 Å². The first kappa shape index (κ1) is 15.7. The topological polar surface area (TPSA) is 42.2 Å². The first-order chi connectivity index (χ1) is 10.2. The molecule has 0 aliphatic heterocycles. The van der Waals surface area contributed by atoms with Gasteiger partial charge in [-0.25, -0.2) is 0 Å². The number of rotatable bonds is 7. The van der Waals surface area contributed by atoms with Gasteiger partial charge in [0.25, 0.3) is 5.91 Å². The minimum absolute atomic E-state index is 0.00167. The lowest BCUT2D eigenvalue weighted by molar-refractivity contribution is 0.0950. The number of benzene rings is 1. The van der Waals surface area contributed by atoms with E-state index in [9.17, 15) is 4.79 Å². The van der Waals surface area contributed by atoms with Crippen LogP contribution >= 0.6 is 11.8 Å². The van der Waals surface area contributed by atoms with Crippen LogP contribution in [-0.2, 0) is 6.42 Å². The first-order valence-electron chi connectivity index (χ1n) is 7.23. The summed E-state index contributed by atoms with van der Waals surface area (Å²) in [5.74, 6) is 0.957. The summed E-state index contributed by atoms with van der Waals surface area (Å²) in [5.41, 5.74) is 0.759. The van der Waals surface area contributed by atoms with E-state index in [4.69, 9.17) is 4.42 Å². The Bertz CT molecular complexity index is 564. The van der Waals surface area contributed by atoms with Crippen LogP contribution in [0.25, 0.3) is 0 Å². The number of nitrogens with one attached hydrogen (secondary N) is 1. The third-order valence-corrected chi connectivity index (χ3v) is 4.04. The summed E-state index contributed by atoms with van der Waals surface area (Å²) < 4.78 is 5.27. The number of aryl methyl sites for hydroxylation is 1. The van der Waals surface area contributed by atoms with Gasteiger partial charge in [0.05, 0.1) is 11.8 Å². The van der Waals surface area contributed by atoms with Crippen molar-refractivity contribution in [3.63, 3.8) is 0 Å². The van der Waals surface area contributed by atoms with E-state index in [1.165, 1.54) is 0 Å². The molecule has 0 bridgehead atoms. The van der Waals surface area contributed by atoms with Gasteiger partial charge in [-0.3, -0.25) is 4.79 Å². The molecule has 0 fully saturated rings. The SMILES string of the molecule is CC(C)Sc1ccccc1C(=O)NCCCc1ccco1. The standard InChI is InChI=1S/C17H21NO2S/c1-13(2)21-16-10-4-3-9-15(16)17(19)18-11-5-7-14-8-6-12-20-14/h3-4,6,8-10,12-13H,5,7,11H2,1-2H3,(H,18,19). The molecule has 0 saturated heterocycles. The number of hydrogen-bond acceptors (Lipinski definition) is 3. The monoisotopic (exact) mass is 303 g/mol. The second-order valence-corrected chi connectivity index (χ2v) is 6.72. The predicted molar refractivity (Wildman–Crippen MR) is 86.8 cm³/mol. The van der Waals surface area contributed by atoms with Gasteiger partial charge in [-0.05, 0) is 30.7 Å². The minimum Gasteiger partial charge on any atom is -0.469 e. The van der Waals surface area contributed by atoms with Gasteiger partial charge in [-0.15, -0.1) is 11.8 Å². The third-order valence-electron chi connectivity index (χ3n) is 2.96. The van der Waals surface area contributed by atoms with Gasteiger partial charge in [0.2, 0.25) is 0 Å². The molecule has 0 atom stereocenters. The van der Waals surface area contributed by atoms with Crippen molar-refractivity contribution in [2.75, 3.05) is 6.54 Å². The van der Waals surface area contributed by atoms with Gasteiger partial charge in [-0.1, -0.05) is 26.0 Å². The van der Waals surface area contributed by atoms with Crippen molar-refractivity contribution in [2.24, 2.45) is 0 Å². The molecule has 112 valence electrons. The maximum atomic E-state index is 12.3. The lowest BCUT2D eigenvalue weighted by Crippen LogP contribution is -2.25. The van der Waals surface area contributed by atoms with Crippen molar-refractivity contribution >= 4 is 17.7 Å². The molecular formula is C17H21NO2S. The van der Waals surface area contributed by atoms with Gasteiger partial charge >= 0.3 is 0 Å². The fourth-order valence-electron chi connectivity index (χ4n) is 2.03. The van der Waals surface area contributed by atoms with E-state index in [0.717, 1.165) is 29.1 Å². The maximum Gasteiger partial charge on any atom is 0.252 e. The molecule has 1 heterocycles. The smallest absolute Gasteiger partial charge is 0.252 e. The van der Waals surface area contributed by atoms with Crippen LogP contribution in [-0.4, -0.2) is 17.7 Å². The van der Waals surface area contributed by atoms with Crippen LogP contribution in [0.5, 0.6) is 0 Å². The number of carbonyl (C=O) groups excluding carboxylic acids is 1. The number of thioether (sulfide) groups is 1. The van der Waals surface area contributed by atoms with Crippen LogP contribution in [0.1, 0.15) is 36.4 Å². The fraction of sp³-hybridized carbons (Fsp3) is 0.353. The Morgan fingerprint density at radius 1 is 1.24 bits per heavy atom. The minimum atomic E-state index is -0.00167. The van der Waals surface area contributed by atoms with Crippen molar-refractivity contribution in [3.05, 3.63) is 54.0 Å². The average Bonchev–Trinajstić information content (AvgIpc) is 2.96. The highest BCUT2D eigenvalue weighted by atomic mass is 32.2. The fourth-order valence-corrected chi connectivity index (χ4v) is 2.98. The molecule has 0 aliphatic carbocycles. The van der Waals surface area contributed by atoms with Crippen molar-refractivity contribution in [2.45, 2.75) is 36.8 Å². The highest BCUT2D eigenvalue weighted by molar-refractivity contribution is 8.00. The summed E-state index contributed by atoms with van der Waals surface area (Å²) >= 11 is 1.71. The Morgan fingerprint density at radius 2 is 2.05 bits per heavy atom. The molecule has 0 spiro atoms. The molecule has 1 aromatic carbocycles. The van der Waals surface area contributed by atoms with Crippen LogP contribution < -0.4 is 5.32 Å². The zero-order valence-electron chi connectivity index (χ0n) is 12.5. The second kappa shape index (κ2) is 7.93. The van der Waals surface area contributed by atoms with Crippen molar-refractivity contribution in [3.8, 4) is 0 Å². The van der Waals surface area contributed by atoms with E-state index < -0.39 is 0 Å². The molecular weight excluding hydrogens is 282 g/mol. The molecule has 0 unspecified atom stereocenters. The lowest BCUT2D eigenvalue weighted by Gasteiger charge is -2.11. The molecule has 0 saturated carbocycles. The number of furan rings is 1. The van der Waals surface area contributed by atoms with E-state index in [1.54, 1.807) is 18.0 Å². The summed E-state index contributed by atoms with van der Waals surface area (Å²) in [7, 11) is 0. The Balaban J connectivity index is 1.85. The maximum absolute atomic E-state index is 12.3. The Labute approximate surface area is 130 Å². The highest BCUT2D eigenvalue weighted by Gasteiger charge is 2.11. The summed E-state index contributed by atoms with van der Waals surface area (Å²) in [4.78, 5) is 13.3. The van der Waals surface area contributed by atoms with Crippen LogP contribution in [0, 0.1) is 0 Å². The summed E-state index contributed by atoms with van der Waals surface area (Å²) in [5, 5.41) is 3.44. The van der Waals surface area contributed by atoms with E-state index in [0.29, 0.717) is 11.8 Å². The Hall–Kier alpha value is -1.68. The Morgan fingerprint density at radius 3 is 2.76 bits per heavy atom. The molecule has 1 aromatic heterocycles. The summed E-state index contributed by atoms with van der Waals surface area (Å²) in [6, 6.07) is 11.6. The highest BCUT2D eigenvalue weighted by Crippen LogP contribution is 2.26. The molecule has 21 heavy (non-hydrogen) atoms. The van der Waals surface area contributed by atoms with Gasteiger partial charge in [0, 0.05) is 23.1 Å². The first-order valence-corrected chi connectivity index (χ1v) is 8.11. The molecule has 3 nitrogen and oxygen atoms in total. The number of amides is 1. The van der Waals surface area contributed by atoms with Gasteiger partial charge in [-0.2, -0.15) is 0 Å². The molecule has 2 rings (SSSR count). The Kier molecular flexibility index (Phi) is 5.93. The van der Waals surface area contributed by atoms with E-state index in [1.807, 2.05) is 36.4 Å². The van der Waals surface area contributed by atoms with Crippen molar-refractivity contribution in [1.82, 2.24) is 5.32 Å². The van der Waals surface area contributed by atoms with Crippen molar-refractivity contribution < 1.29 is 9.21 Å². The molecule has 4 heteroatoms. The summed E-state index contributed by atoms with van der Waals surface area (Å²) in [6.45, 7) is 4.91. The predicted octanol–water partition coefficient (Wildman–Crippen LogP) is 4.14. The van der Waals surface area contributed by atoms with E-state index in [-0.39, 0.29) is 5.91 Å². The van der Waals surface area contributed by atoms with E-state index >= 15 is 0 Å². The van der Waals surface area contributed by atoms with Crippen LogP contribution in [0.4, 0.5) is 0 Å².